The van der Waals surface area contributed by atoms with E-state index in [-0.39, 0.29) is 5.96 Å². The number of hydrogen-bond donors (Lipinski definition) is 3. The minimum absolute atomic E-state index is 0.0473. The van der Waals surface area contributed by atoms with Crippen molar-refractivity contribution in [3.8, 4) is 0 Å². The lowest BCUT2D eigenvalue weighted by molar-refractivity contribution is 0.256. The van der Waals surface area contributed by atoms with Crippen molar-refractivity contribution < 1.29 is 4.79 Å². The van der Waals surface area contributed by atoms with E-state index < -0.39 is 6.03 Å². The Morgan fingerprint density at radius 2 is 1.91 bits per heavy atom. The maximum absolute atomic E-state index is 11.9. The van der Waals surface area contributed by atoms with Gasteiger partial charge < -0.3 is 11.1 Å². The van der Waals surface area contributed by atoms with Crippen LogP contribution in [-0.2, 0) is 6.54 Å². The number of halogens is 1. The van der Waals surface area contributed by atoms with Gasteiger partial charge in [0.1, 0.15) is 0 Å². The third-order valence-corrected chi connectivity index (χ3v) is 3.29. The Morgan fingerprint density at radius 1 is 1.18 bits per heavy atom. The molecule has 0 aromatic heterocycles. The number of anilines is 1. The molecular formula is C16H17ClN4O. The first-order chi connectivity index (χ1) is 10.6. The summed E-state index contributed by atoms with van der Waals surface area (Å²) in [4.78, 5) is 16.0. The molecule has 0 aliphatic carbocycles. The topological polar surface area (TPSA) is 79.5 Å². The van der Waals surface area contributed by atoms with Gasteiger partial charge in [0.15, 0.2) is 5.96 Å². The third-order valence-electron chi connectivity index (χ3n) is 2.98. The lowest BCUT2D eigenvalue weighted by atomic mass is 10.2. The molecule has 0 spiro atoms. The summed E-state index contributed by atoms with van der Waals surface area (Å²) in [6.07, 6.45) is 0. The summed E-state index contributed by atoms with van der Waals surface area (Å²) in [5.41, 5.74) is 8.12. The number of amides is 2. The highest BCUT2D eigenvalue weighted by Gasteiger charge is 2.08. The summed E-state index contributed by atoms with van der Waals surface area (Å²) in [5, 5.41) is 5.60. The zero-order chi connectivity index (χ0) is 15.9. The van der Waals surface area contributed by atoms with Gasteiger partial charge in [-0.2, -0.15) is 0 Å². The lowest BCUT2D eigenvalue weighted by Gasteiger charge is -2.11. The van der Waals surface area contributed by atoms with Crippen molar-refractivity contribution in [3.63, 3.8) is 0 Å². The first kappa shape index (κ1) is 15.9. The highest BCUT2D eigenvalue weighted by atomic mass is 35.5. The summed E-state index contributed by atoms with van der Waals surface area (Å²) >= 11 is 6.05. The second-order valence-electron chi connectivity index (χ2n) is 4.70. The maximum atomic E-state index is 11.9. The van der Waals surface area contributed by atoms with Gasteiger partial charge in [0.25, 0.3) is 0 Å². The molecule has 114 valence electrons. The minimum Gasteiger partial charge on any atom is -0.370 e. The fraction of sp³-hybridized carbons (Fsp3) is 0.125. The minimum atomic E-state index is -0.481. The summed E-state index contributed by atoms with van der Waals surface area (Å²) in [5.74, 6) is 0.0473. The van der Waals surface area contributed by atoms with Crippen LogP contribution in [0.25, 0.3) is 0 Å². The van der Waals surface area contributed by atoms with Gasteiger partial charge in [-0.3, -0.25) is 5.32 Å². The fourth-order valence-corrected chi connectivity index (χ4v) is 2.12. The van der Waals surface area contributed by atoms with Gasteiger partial charge in [-0.1, -0.05) is 54.1 Å². The average Bonchev–Trinajstić information content (AvgIpc) is 2.50. The van der Waals surface area contributed by atoms with Crippen molar-refractivity contribution in [3.05, 3.63) is 64.7 Å². The number of benzene rings is 2. The number of para-hydroxylation sites is 1. The molecule has 0 saturated carbocycles. The second kappa shape index (κ2) is 7.47. The van der Waals surface area contributed by atoms with E-state index in [0.29, 0.717) is 17.3 Å². The Kier molecular flexibility index (Phi) is 5.38. The van der Waals surface area contributed by atoms with E-state index in [0.717, 1.165) is 11.1 Å². The van der Waals surface area contributed by atoms with Crippen LogP contribution in [0.2, 0.25) is 5.02 Å². The molecule has 0 aliphatic heterocycles. The van der Waals surface area contributed by atoms with Crippen LogP contribution in [0.3, 0.4) is 0 Å². The molecule has 22 heavy (non-hydrogen) atoms. The smallest absolute Gasteiger partial charge is 0.326 e. The molecule has 0 bridgehead atoms. The van der Waals surface area contributed by atoms with E-state index >= 15 is 0 Å². The third kappa shape index (κ3) is 4.49. The van der Waals surface area contributed by atoms with Crippen LogP contribution in [0.5, 0.6) is 0 Å². The molecule has 5 nitrogen and oxygen atoms in total. The van der Waals surface area contributed by atoms with E-state index in [2.05, 4.69) is 15.6 Å². The van der Waals surface area contributed by atoms with Gasteiger partial charge in [-0.05, 0) is 24.1 Å². The monoisotopic (exact) mass is 316 g/mol. The van der Waals surface area contributed by atoms with Crippen LogP contribution < -0.4 is 16.4 Å². The predicted octanol–water partition coefficient (Wildman–Crippen LogP) is 3.28. The average molecular weight is 317 g/mol. The zero-order valence-electron chi connectivity index (χ0n) is 12.1. The first-order valence-electron chi connectivity index (χ1n) is 6.73. The van der Waals surface area contributed by atoms with Gasteiger partial charge >= 0.3 is 6.03 Å². The molecule has 2 aromatic rings. The molecule has 4 N–H and O–H groups in total. The lowest BCUT2D eigenvalue weighted by Crippen LogP contribution is -2.39. The van der Waals surface area contributed by atoms with Gasteiger partial charge in [-0.15, -0.1) is 0 Å². The van der Waals surface area contributed by atoms with Crippen LogP contribution in [-0.4, -0.2) is 12.0 Å². The highest BCUT2D eigenvalue weighted by molar-refractivity contribution is 6.34. The second-order valence-corrected chi connectivity index (χ2v) is 5.11. The molecule has 0 atom stereocenters. The van der Waals surface area contributed by atoms with Gasteiger partial charge in [0.2, 0.25) is 0 Å². The van der Waals surface area contributed by atoms with Crippen LogP contribution in [0.1, 0.15) is 11.1 Å². The van der Waals surface area contributed by atoms with E-state index in [1.54, 1.807) is 6.07 Å². The molecule has 0 saturated heterocycles. The van der Waals surface area contributed by atoms with Crippen molar-refractivity contribution in [2.75, 3.05) is 5.32 Å². The van der Waals surface area contributed by atoms with Crippen LogP contribution >= 0.6 is 11.6 Å². The summed E-state index contributed by atoms with van der Waals surface area (Å²) in [7, 11) is 0. The fourth-order valence-electron chi connectivity index (χ4n) is 1.85. The number of rotatable bonds is 3. The summed E-state index contributed by atoms with van der Waals surface area (Å²) in [6, 6.07) is 14.5. The molecule has 2 rings (SSSR count). The maximum Gasteiger partial charge on any atom is 0.326 e. The largest absolute Gasteiger partial charge is 0.370 e. The number of carbonyl (C=O) groups excluding carboxylic acids is 1. The van der Waals surface area contributed by atoms with Crippen LogP contribution in [0, 0.1) is 6.92 Å². The molecule has 0 aliphatic rings. The van der Waals surface area contributed by atoms with E-state index in [9.17, 15) is 4.79 Å². The number of nitrogens with two attached hydrogens (primary N) is 1. The Labute approximate surface area is 134 Å². The van der Waals surface area contributed by atoms with Crippen molar-refractivity contribution in [2.45, 2.75) is 13.5 Å². The number of carbonyl (C=O) groups is 1. The van der Waals surface area contributed by atoms with Gasteiger partial charge in [0, 0.05) is 0 Å². The van der Waals surface area contributed by atoms with E-state index in [4.69, 9.17) is 17.3 Å². The number of urea groups is 1. The molecular weight excluding hydrogens is 300 g/mol. The van der Waals surface area contributed by atoms with E-state index in [1.807, 2.05) is 49.4 Å². The van der Waals surface area contributed by atoms with Crippen molar-refractivity contribution in [1.29, 1.82) is 0 Å². The molecule has 0 heterocycles. The van der Waals surface area contributed by atoms with Gasteiger partial charge in [0.05, 0.1) is 17.3 Å². The van der Waals surface area contributed by atoms with Crippen LogP contribution in [0.15, 0.2) is 53.5 Å². The first-order valence-corrected chi connectivity index (χ1v) is 7.11. The number of nitrogens with zero attached hydrogens (tertiary/aromatic N) is 1. The summed E-state index contributed by atoms with van der Waals surface area (Å²) < 4.78 is 0. The predicted molar refractivity (Wildman–Crippen MR) is 90.1 cm³/mol. The Bertz CT molecular complexity index is 666. The van der Waals surface area contributed by atoms with E-state index in [1.165, 1.54) is 0 Å². The standard InChI is InChI=1S/C16H17ClN4O/c1-11-6-5-9-13(17)14(11)20-16(22)21-15(18)19-10-12-7-3-2-4-8-12/h2-9H,10H2,1H3,(H4,18,19,20,21,22). The van der Waals surface area contributed by atoms with Crippen molar-refractivity contribution >= 4 is 29.3 Å². The Hall–Kier alpha value is -2.53. The number of aliphatic imine (C=N–C) groups is 1. The number of nitrogens with one attached hydrogen (secondary N) is 2. The molecule has 0 unspecified atom stereocenters. The molecule has 6 heteroatoms. The van der Waals surface area contributed by atoms with Gasteiger partial charge in [-0.25, -0.2) is 9.79 Å². The van der Waals surface area contributed by atoms with Crippen molar-refractivity contribution in [1.82, 2.24) is 5.32 Å². The number of guanidine groups is 1. The molecule has 0 fully saturated rings. The molecule has 2 aromatic carbocycles. The van der Waals surface area contributed by atoms with Crippen LogP contribution in [0.4, 0.5) is 10.5 Å². The van der Waals surface area contributed by atoms with Crippen molar-refractivity contribution in [2.24, 2.45) is 10.7 Å². The zero-order valence-corrected chi connectivity index (χ0v) is 12.9. The molecule has 0 radical (unpaired) electrons. The molecule has 2 amide bonds. The highest BCUT2D eigenvalue weighted by Crippen LogP contribution is 2.24. The Morgan fingerprint density at radius 3 is 2.59 bits per heavy atom. The SMILES string of the molecule is Cc1cccc(Cl)c1NC(=O)NC(N)=NCc1ccccc1. The number of hydrogen-bond acceptors (Lipinski definition) is 2. The normalized spacial score (nSPS) is 11.1. The summed E-state index contributed by atoms with van der Waals surface area (Å²) in [6.45, 7) is 2.26. The Balaban J connectivity index is 1.94. The number of aryl methyl sites for hydroxylation is 1. The quantitative estimate of drug-likeness (QED) is 0.600.